The molecule has 0 saturated carbocycles. The molecule has 2 aromatic carbocycles. The highest BCUT2D eigenvalue weighted by Gasteiger charge is 2.02. The van der Waals surface area contributed by atoms with Gasteiger partial charge in [0, 0.05) is 12.0 Å². The molecule has 0 aliphatic rings. The number of carbonyl (C=O) groups is 1. The maximum Gasteiger partial charge on any atom is 0.329 e. The number of aliphatic carboxylic acids is 1. The first-order chi connectivity index (χ1) is 12.7. The van der Waals surface area contributed by atoms with Crippen molar-refractivity contribution < 1.29 is 19.4 Å². The van der Waals surface area contributed by atoms with Crippen LogP contribution < -0.4 is 4.74 Å². The van der Waals surface area contributed by atoms with Gasteiger partial charge in [-0.2, -0.15) is 0 Å². The molecule has 1 heterocycles. The number of pyridine rings is 1. The number of ether oxygens (including phenoxy) is 2. The van der Waals surface area contributed by atoms with Gasteiger partial charge in [-0.3, -0.25) is 0 Å². The first kappa shape index (κ1) is 17.9. The lowest BCUT2D eigenvalue weighted by atomic mass is 10.1. The summed E-state index contributed by atoms with van der Waals surface area (Å²) in [6.07, 6.45) is 1.58. The molecule has 0 bridgehead atoms. The summed E-state index contributed by atoms with van der Waals surface area (Å²) in [6.45, 7) is 0.594. The van der Waals surface area contributed by atoms with Crippen molar-refractivity contribution in [2.75, 3.05) is 13.2 Å². The molecule has 0 saturated heterocycles. The normalized spacial score (nSPS) is 10.8. The Hall–Kier alpha value is -2.92. The van der Waals surface area contributed by atoms with Crippen LogP contribution in [-0.2, 0) is 22.6 Å². The van der Waals surface area contributed by atoms with Gasteiger partial charge in [-0.15, -0.1) is 0 Å². The molecule has 3 rings (SSSR count). The van der Waals surface area contributed by atoms with E-state index in [1.165, 1.54) is 0 Å². The number of carboxylic acids is 1. The van der Waals surface area contributed by atoms with Crippen molar-refractivity contribution in [3.05, 3.63) is 71.9 Å². The van der Waals surface area contributed by atoms with E-state index in [4.69, 9.17) is 14.6 Å². The van der Waals surface area contributed by atoms with E-state index in [0.717, 1.165) is 40.8 Å². The van der Waals surface area contributed by atoms with Crippen LogP contribution in [-0.4, -0.2) is 29.3 Å². The Morgan fingerprint density at radius 1 is 1.04 bits per heavy atom. The second kappa shape index (κ2) is 8.97. The van der Waals surface area contributed by atoms with Gasteiger partial charge in [0.2, 0.25) is 0 Å². The maximum atomic E-state index is 10.4. The van der Waals surface area contributed by atoms with Gasteiger partial charge in [0.1, 0.15) is 19.0 Å². The zero-order chi connectivity index (χ0) is 18.2. The number of benzene rings is 2. The summed E-state index contributed by atoms with van der Waals surface area (Å²) in [4.78, 5) is 15.0. The molecule has 0 radical (unpaired) electrons. The van der Waals surface area contributed by atoms with Gasteiger partial charge in [0.15, 0.2) is 0 Å². The lowest BCUT2D eigenvalue weighted by Gasteiger charge is -2.09. The fourth-order valence-electron chi connectivity index (χ4n) is 2.67. The number of nitrogens with zero attached hydrogens (tertiary/aromatic N) is 1. The molecular formula is C21H21NO4. The van der Waals surface area contributed by atoms with E-state index in [0.29, 0.717) is 13.2 Å². The number of para-hydroxylation sites is 1. The molecule has 0 unspecified atom stereocenters. The topological polar surface area (TPSA) is 68.7 Å². The third-order valence-corrected chi connectivity index (χ3v) is 3.92. The number of carboxylic acid groups (broad SMARTS) is 1. The average molecular weight is 351 g/mol. The zero-order valence-corrected chi connectivity index (χ0v) is 14.4. The molecule has 0 spiro atoms. The van der Waals surface area contributed by atoms with E-state index >= 15 is 0 Å². The van der Waals surface area contributed by atoms with Crippen molar-refractivity contribution in [1.82, 2.24) is 4.98 Å². The molecule has 0 aliphatic carbocycles. The summed E-state index contributed by atoms with van der Waals surface area (Å²) < 4.78 is 10.9. The van der Waals surface area contributed by atoms with Crippen LogP contribution in [0, 0.1) is 0 Å². The fourth-order valence-corrected chi connectivity index (χ4v) is 2.67. The molecule has 1 N–H and O–H groups in total. The van der Waals surface area contributed by atoms with E-state index in [1.54, 1.807) is 0 Å². The lowest BCUT2D eigenvalue weighted by Crippen LogP contribution is -2.08. The Labute approximate surface area is 152 Å². The van der Waals surface area contributed by atoms with Gasteiger partial charge in [-0.05, 0) is 42.7 Å². The van der Waals surface area contributed by atoms with Crippen LogP contribution in [0.3, 0.4) is 0 Å². The zero-order valence-electron chi connectivity index (χ0n) is 14.4. The molecule has 1 aromatic heterocycles. The van der Waals surface area contributed by atoms with Gasteiger partial charge >= 0.3 is 5.97 Å². The Balaban J connectivity index is 1.52. The van der Waals surface area contributed by atoms with E-state index < -0.39 is 5.97 Å². The van der Waals surface area contributed by atoms with Crippen LogP contribution in [0.25, 0.3) is 10.9 Å². The van der Waals surface area contributed by atoms with Crippen LogP contribution in [0.2, 0.25) is 0 Å². The third kappa shape index (κ3) is 5.29. The second-order valence-electron chi connectivity index (χ2n) is 5.98. The highest BCUT2D eigenvalue weighted by atomic mass is 16.5. The number of hydrogen-bond acceptors (Lipinski definition) is 4. The van der Waals surface area contributed by atoms with Crippen LogP contribution in [0.5, 0.6) is 5.75 Å². The van der Waals surface area contributed by atoms with Crippen LogP contribution >= 0.6 is 0 Å². The van der Waals surface area contributed by atoms with Crippen LogP contribution in [0.1, 0.15) is 17.7 Å². The Bertz CT molecular complexity index is 879. The number of aromatic nitrogens is 1. The predicted molar refractivity (Wildman–Crippen MR) is 99.3 cm³/mol. The van der Waals surface area contributed by atoms with Crippen molar-refractivity contribution in [2.24, 2.45) is 0 Å². The van der Waals surface area contributed by atoms with E-state index in [-0.39, 0.29) is 6.61 Å². The van der Waals surface area contributed by atoms with Crippen molar-refractivity contribution in [3.63, 3.8) is 0 Å². The standard InChI is InChI=1S/C21H21NO4/c23-21(24)15-25-12-4-6-16-5-3-8-19(13-16)26-14-18-11-10-17-7-1-2-9-20(17)22-18/h1-3,5,7-11,13H,4,6,12,14-15H2,(H,23,24). The summed E-state index contributed by atoms with van der Waals surface area (Å²) in [5, 5.41) is 9.65. The smallest absolute Gasteiger partial charge is 0.329 e. The van der Waals surface area contributed by atoms with Gasteiger partial charge in [-0.25, -0.2) is 9.78 Å². The Morgan fingerprint density at radius 3 is 2.81 bits per heavy atom. The highest BCUT2D eigenvalue weighted by molar-refractivity contribution is 5.78. The number of fused-ring (bicyclic) bond motifs is 1. The van der Waals surface area contributed by atoms with Gasteiger partial charge in [0.25, 0.3) is 0 Å². The van der Waals surface area contributed by atoms with Gasteiger partial charge in [-0.1, -0.05) is 36.4 Å². The molecular weight excluding hydrogens is 330 g/mol. The van der Waals surface area contributed by atoms with Crippen LogP contribution in [0.4, 0.5) is 0 Å². The molecule has 26 heavy (non-hydrogen) atoms. The quantitative estimate of drug-likeness (QED) is 0.593. The van der Waals surface area contributed by atoms with Crippen molar-refractivity contribution >= 4 is 16.9 Å². The molecule has 0 fully saturated rings. The summed E-state index contributed by atoms with van der Waals surface area (Å²) >= 11 is 0. The molecule has 5 nitrogen and oxygen atoms in total. The first-order valence-corrected chi connectivity index (χ1v) is 8.57. The Kier molecular flexibility index (Phi) is 6.17. The third-order valence-electron chi connectivity index (χ3n) is 3.92. The maximum absolute atomic E-state index is 10.4. The summed E-state index contributed by atoms with van der Waals surface area (Å²) in [5.41, 5.74) is 2.98. The summed E-state index contributed by atoms with van der Waals surface area (Å²) in [5.74, 6) is -0.147. The summed E-state index contributed by atoms with van der Waals surface area (Å²) in [6, 6.07) is 19.9. The van der Waals surface area contributed by atoms with Gasteiger partial charge < -0.3 is 14.6 Å². The molecule has 5 heteroatoms. The van der Waals surface area contributed by atoms with Crippen LogP contribution in [0.15, 0.2) is 60.7 Å². The summed E-state index contributed by atoms with van der Waals surface area (Å²) in [7, 11) is 0. The monoisotopic (exact) mass is 351 g/mol. The van der Waals surface area contributed by atoms with Crippen molar-refractivity contribution in [1.29, 1.82) is 0 Å². The predicted octanol–water partition coefficient (Wildman–Crippen LogP) is 3.85. The van der Waals surface area contributed by atoms with E-state index in [1.807, 2.05) is 54.6 Å². The SMILES string of the molecule is O=C(O)COCCCc1cccc(OCc2ccc3ccccc3n2)c1. The average Bonchev–Trinajstić information content (AvgIpc) is 2.66. The minimum absolute atomic E-state index is 0.248. The number of aryl methyl sites for hydroxylation is 1. The highest BCUT2D eigenvalue weighted by Crippen LogP contribution is 2.17. The van der Waals surface area contributed by atoms with Gasteiger partial charge in [0.05, 0.1) is 11.2 Å². The van der Waals surface area contributed by atoms with Crippen molar-refractivity contribution in [2.45, 2.75) is 19.4 Å². The molecule has 0 amide bonds. The number of hydrogen-bond donors (Lipinski definition) is 1. The fraction of sp³-hybridized carbons (Fsp3) is 0.238. The second-order valence-corrected chi connectivity index (χ2v) is 5.98. The molecule has 0 aliphatic heterocycles. The minimum Gasteiger partial charge on any atom is -0.487 e. The van der Waals surface area contributed by atoms with E-state index in [9.17, 15) is 4.79 Å². The Morgan fingerprint density at radius 2 is 1.92 bits per heavy atom. The molecule has 3 aromatic rings. The van der Waals surface area contributed by atoms with Crippen molar-refractivity contribution in [3.8, 4) is 5.75 Å². The molecule has 134 valence electrons. The number of rotatable bonds is 9. The first-order valence-electron chi connectivity index (χ1n) is 8.57. The largest absolute Gasteiger partial charge is 0.487 e. The minimum atomic E-state index is -0.942. The lowest BCUT2D eigenvalue weighted by molar-refractivity contribution is -0.142. The van der Waals surface area contributed by atoms with E-state index in [2.05, 4.69) is 11.1 Å². The molecule has 0 atom stereocenters.